The van der Waals surface area contributed by atoms with Crippen LogP contribution in [0.5, 0.6) is 0 Å². The third-order valence-electron chi connectivity index (χ3n) is 4.94. The van der Waals surface area contributed by atoms with Gasteiger partial charge in [-0.15, -0.1) is 0 Å². The van der Waals surface area contributed by atoms with E-state index in [1.807, 2.05) is 55.5 Å². The quantitative estimate of drug-likeness (QED) is 0.672. The normalized spacial score (nSPS) is 22.4. The lowest BCUT2D eigenvalue weighted by Crippen LogP contribution is -2.30. The van der Waals surface area contributed by atoms with Gasteiger partial charge in [-0.3, -0.25) is 4.79 Å². The molecule has 1 spiro atoms. The van der Waals surface area contributed by atoms with Gasteiger partial charge in [-0.05, 0) is 35.3 Å². The van der Waals surface area contributed by atoms with E-state index in [-0.39, 0.29) is 5.78 Å². The van der Waals surface area contributed by atoms with E-state index in [0.29, 0.717) is 5.03 Å². The largest absolute Gasteiger partial charge is 0.293 e. The minimum atomic E-state index is -0.773. The summed E-state index contributed by atoms with van der Waals surface area (Å²) in [6, 6.07) is 20.3. The first-order valence-electron chi connectivity index (χ1n) is 8.28. The molecule has 2 aromatic carbocycles. The molecule has 0 heterocycles. The van der Waals surface area contributed by atoms with E-state index < -0.39 is 5.41 Å². The van der Waals surface area contributed by atoms with Crippen LogP contribution in [0.4, 0.5) is 0 Å². The van der Waals surface area contributed by atoms with Crippen LogP contribution in [0, 0.1) is 5.41 Å². The Kier molecular flexibility index (Phi) is 3.82. The van der Waals surface area contributed by atoms with Gasteiger partial charge in [0.25, 0.3) is 0 Å². The molecule has 25 heavy (non-hydrogen) atoms. The summed E-state index contributed by atoms with van der Waals surface area (Å²) in [4.78, 5) is 13.1. The first-order valence-corrected chi connectivity index (χ1v) is 8.66. The molecule has 0 unspecified atom stereocenters. The van der Waals surface area contributed by atoms with E-state index in [1.54, 1.807) is 0 Å². The summed E-state index contributed by atoms with van der Waals surface area (Å²) in [5.74, 6) is 0.0125. The summed E-state index contributed by atoms with van der Waals surface area (Å²) in [5, 5.41) is 0.476. The maximum absolute atomic E-state index is 13.1. The molecule has 1 nitrogen and oxygen atoms in total. The van der Waals surface area contributed by atoms with Crippen LogP contribution in [0.15, 0.2) is 95.6 Å². The Labute approximate surface area is 152 Å². The second-order valence-electron chi connectivity index (χ2n) is 6.38. The average Bonchev–Trinajstić information content (AvgIpc) is 2.93. The van der Waals surface area contributed by atoms with E-state index in [2.05, 4.69) is 30.3 Å². The van der Waals surface area contributed by atoms with Gasteiger partial charge in [0.15, 0.2) is 5.78 Å². The fourth-order valence-corrected chi connectivity index (χ4v) is 3.91. The Balaban J connectivity index is 2.03. The molecule has 4 rings (SSSR count). The van der Waals surface area contributed by atoms with E-state index in [4.69, 9.17) is 11.6 Å². The molecule has 0 aliphatic heterocycles. The zero-order valence-electron chi connectivity index (χ0n) is 13.9. The molecule has 2 aliphatic rings. The maximum Gasteiger partial charge on any atom is 0.175 e. The monoisotopic (exact) mass is 344 g/mol. The van der Waals surface area contributed by atoms with Gasteiger partial charge in [0, 0.05) is 11.1 Å². The van der Waals surface area contributed by atoms with Crippen molar-refractivity contribution in [2.24, 2.45) is 5.41 Å². The highest BCUT2D eigenvalue weighted by Crippen LogP contribution is 2.54. The van der Waals surface area contributed by atoms with Crippen LogP contribution in [0.25, 0.3) is 11.1 Å². The Morgan fingerprint density at radius 2 is 1.44 bits per heavy atom. The van der Waals surface area contributed by atoms with Crippen LogP contribution in [0.1, 0.15) is 18.1 Å². The molecular formula is C23H17ClO. The van der Waals surface area contributed by atoms with Gasteiger partial charge in [0.05, 0.1) is 5.41 Å². The molecular weight excluding hydrogens is 328 g/mol. The summed E-state index contributed by atoms with van der Waals surface area (Å²) in [5.41, 5.74) is 4.53. The molecule has 0 N–H and O–H groups in total. The van der Waals surface area contributed by atoms with Crippen LogP contribution in [0.3, 0.4) is 0 Å². The lowest BCUT2D eigenvalue weighted by molar-refractivity contribution is -0.118. The van der Waals surface area contributed by atoms with Crippen LogP contribution in [-0.4, -0.2) is 5.78 Å². The Morgan fingerprint density at radius 1 is 0.840 bits per heavy atom. The average molecular weight is 345 g/mol. The van der Waals surface area contributed by atoms with E-state index >= 15 is 0 Å². The summed E-state index contributed by atoms with van der Waals surface area (Å²) in [7, 11) is 0. The van der Waals surface area contributed by atoms with Crippen molar-refractivity contribution in [2.45, 2.75) is 6.92 Å². The van der Waals surface area contributed by atoms with Gasteiger partial charge in [-0.1, -0.05) is 90.0 Å². The molecule has 0 fully saturated rings. The summed E-state index contributed by atoms with van der Waals surface area (Å²) in [6.07, 6.45) is 7.45. The number of carbonyl (C=O) groups excluding carboxylic acids is 1. The number of hydrogen-bond acceptors (Lipinski definition) is 1. The molecule has 2 heteroatoms. The number of ketones is 1. The molecule has 1 atom stereocenters. The molecule has 0 saturated carbocycles. The molecule has 0 radical (unpaired) electrons. The second-order valence-corrected chi connectivity index (χ2v) is 6.82. The molecule has 0 aromatic heterocycles. The fraction of sp³-hybridized carbons (Fsp3) is 0.0870. The van der Waals surface area contributed by atoms with Crippen molar-refractivity contribution in [3.63, 3.8) is 0 Å². The summed E-state index contributed by atoms with van der Waals surface area (Å²) >= 11 is 6.09. The highest BCUT2D eigenvalue weighted by atomic mass is 35.5. The van der Waals surface area contributed by atoms with Crippen LogP contribution in [-0.2, 0) is 4.79 Å². The van der Waals surface area contributed by atoms with Crippen LogP contribution >= 0.6 is 11.6 Å². The molecule has 2 aliphatic carbocycles. The first kappa shape index (κ1) is 15.9. The topological polar surface area (TPSA) is 17.1 Å². The number of allylic oxidation sites excluding steroid dienone is 8. The standard InChI is InChI=1S/C23H17ClO/c1-16-14-20(17-8-4-2-5-9-17)22(18-10-6-3-7-11-18)23(16)13-12-19(24)15-21(23)25/h2-15H,1H3/t23-/m1/s1. The van der Waals surface area contributed by atoms with E-state index in [0.717, 1.165) is 27.8 Å². The predicted molar refractivity (Wildman–Crippen MR) is 104 cm³/mol. The number of hydrogen-bond donors (Lipinski definition) is 0. The molecule has 0 bridgehead atoms. The van der Waals surface area contributed by atoms with Crippen molar-refractivity contribution in [3.8, 4) is 0 Å². The summed E-state index contributed by atoms with van der Waals surface area (Å²) in [6.45, 7) is 2.02. The van der Waals surface area contributed by atoms with Crippen molar-refractivity contribution >= 4 is 28.5 Å². The minimum absolute atomic E-state index is 0.0125. The first-order chi connectivity index (χ1) is 12.1. The van der Waals surface area contributed by atoms with Crippen LogP contribution in [0.2, 0.25) is 0 Å². The van der Waals surface area contributed by atoms with Crippen molar-refractivity contribution in [3.05, 3.63) is 107 Å². The van der Waals surface area contributed by atoms with Crippen molar-refractivity contribution in [1.82, 2.24) is 0 Å². The van der Waals surface area contributed by atoms with Gasteiger partial charge in [0.1, 0.15) is 0 Å². The van der Waals surface area contributed by atoms with E-state index in [9.17, 15) is 4.79 Å². The fourth-order valence-electron chi connectivity index (χ4n) is 3.75. The Bertz CT molecular complexity index is 962. The van der Waals surface area contributed by atoms with Crippen LogP contribution < -0.4 is 0 Å². The Hall–Kier alpha value is -2.64. The third kappa shape index (κ3) is 2.43. The number of benzene rings is 2. The molecule has 0 amide bonds. The third-order valence-corrected chi connectivity index (χ3v) is 5.18. The highest BCUT2D eigenvalue weighted by Gasteiger charge is 2.46. The zero-order valence-corrected chi connectivity index (χ0v) is 14.6. The second kappa shape index (κ2) is 6.02. The van der Waals surface area contributed by atoms with Gasteiger partial charge in [-0.25, -0.2) is 0 Å². The van der Waals surface area contributed by atoms with Crippen molar-refractivity contribution in [2.75, 3.05) is 0 Å². The molecule has 0 saturated heterocycles. The highest BCUT2D eigenvalue weighted by molar-refractivity contribution is 6.34. The maximum atomic E-state index is 13.1. The zero-order chi connectivity index (χ0) is 17.4. The van der Waals surface area contributed by atoms with Crippen molar-refractivity contribution < 1.29 is 4.79 Å². The summed E-state index contributed by atoms with van der Waals surface area (Å²) < 4.78 is 0. The number of carbonyl (C=O) groups is 1. The molecule has 2 aromatic rings. The predicted octanol–water partition coefficient (Wildman–Crippen LogP) is 5.81. The number of halogens is 1. The SMILES string of the molecule is CC1=CC(c2ccccc2)=C(c2ccccc2)[C@]12C=CC(Cl)=CC2=O. The lowest BCUT2D eigenvalue weighted by Gasteiger charge is -2.31. The lowest BCUT2D eigenvalue weighted by atomic mass is 9.69. The van der Waals surface area contributed by atoms with Crippen molar-refractivity contribution in [1.29, 1.82) is 0 Å². The van der Waals surface area contributed by atoms with E-state index in [1.165, 1.54) is 6.08 Å². The number of rotatable bonds is 2. The van der Waals surface area contributed by atoms with Gasteiger partial charge < -0.3 is 0 Å². The molecule has 122 valence electrons. The smallest absolute Gasteiger partial charge is 0.175 e. The van der Waals surface area contributed by atoms with Gasteiger partial charge >= 0.3 is 0 Å². The van der Waals surface area contributed by atoms with Gasteiger partial charge in [-0.2, -0.15) is 0 Å². The Morgan fingerprint density at radius 3 is 2.04 bits per heavy atom. The minimum Gasteiger partial charge on any atom is -0.293 e. The van der Waals surface area contributed by atoms with Gasteiger partial charge in [0.2, 0.25) is 0 Å².